The van der Waals surface area contributed by atoms with Crippen LogP contribution in [0, 0.1) is 11.8 Å². The molecule has 2 nitrogen and oxygen atoms in total. The predicted octanol–water partition coefficient (Wildman–Crippen LogP) is 1.10. The second-order valence-electron chi connectivity index (χ2n) is 4.37. The van der Waals surface area contributed by atoms with Gasteiger partial charge in [-0.1, -0.05) is 0 Å². The third-order valence-electron chi connectivity index (χ3n) is 3.51. The molecule has 0 amide bonds. The van der Waals surface area contributed by atoms with E-state index in [1.807, 2.05) is 0 Å². The summed E-state index contributed by atoms with van der Waals surface area (Å²) in [6.07, 6.45) is 5.34. The summed E-state index contributed by atoms with van der Waals surface area (Å²) in [5, 5.41) is 9.29. The molecule has 1 heterocycles. The highest BCUT2D eigenvalue weighted by Crippen LogP contribution is 2.41. The van der Waals surface area contributed by atoms with Crippen molar-refractivity contribution >= 4 is 0 Å². The van der Waals surface area contributed by atoms with E-state index in [0.29, 0.717) is 18.6 Å². The molecule has 1 saturated carbocycles. The van der Waals surface area contributed by atoms with Gasteiger partial charge in [-0.05, 0) is 45.2 Å². The third kappa shape index (κ3) is 1.50. The van der Waals surface area contributed by atoms with E-state index in [2.05, 4.69) is 11.9 Å². The highest BCUT2D eigenvalue weighted by molar-refractivity contribution is 4.91. The molecule has 1 saturated heterocycles. The lowest BCUT2D eigenvalue weighted by molar-refractivity contribution is 0.128. The second kappa shape index (κ2) is 3.35. The van der Waals surface area contributed by atoms with Crippen LogP contribution in [0.2, 0.25) is 0 Å². The van der Waals surface area contributed by atoms with E-state index < -0.39 is 0 Å². The largest absolute Gasteiger partial charge is 0.396 e. The van der Waals surface area contributed by atoms with Gasteiger partial charge < -0.3 is 10.0 Å². The molecular formula is C10H19NO. The zero-order valence-electron chi connectivity index (χ0n) is 7.87. The fourth-order valence-electron chi connectivity index (χ4n) is 2.59. The molecule has 0 radical (unpaired) electrons. The highest BCUT2D eigenvalue weighted by Gasteiger charge is 2.39. The first-order valence-corrected chi connectivity index (χ1v) is 5.14. The minimum absolute atomic E-state index is 0.402. The number of rotatable bonds is 3. The predicted molar refractivity (Wildman–Crippen MR) is 49.0 cm³/mol. The molecule has 70 valence electrons. The van der Waals surface area contributed by atoms with Gasteiger partial charge in [0.1, 0.15) is 0 Å². The van der Waals surface area contributed by atoms with Gasteiger partial charge in [0, 0.05) is 18.6 Å². The standard InChI is InChI=1S/C10H19NO/c1-11-6-2-3-10(11)9(7-12)8-4-5-8/h8-10,12H,2-7H2,1H3. The van der Waals surface area contributed by atoms with Gasteiger partial charge in [0.05, 0.1) is 0 Å². The Morgan fingerprint density at radius 3 is 2.58 bits per heavy atom. The van der Waals surface area contributed by atoms with Gasteiger partial charge in [0.15, 0.2) is 0 Å². The first-order valence-electron chi connectivity index (χ1n) is 5.14. The van der Waals surface area contributed by atoms with Gasteiger partial charge in [-0.15, -0.1) is 0 Å². The Morgan fingerprint density at radius 2 is 2.17 bits per heavy atom. The summed E-state index contributed by atoms with van der Waals surface area (Å²) >= 11 is 0. The molecule has 2 atom stereocenters. The molecule has 12 heavy (non-hydrogen) atoms. The molecule has 2 fully saturated rings. The minimum atomic E-state index is 0.402. The second-order valence-corrected chi connectivity index (χ2v) is 4.37. The lowest BCUT2D eigenvalue weighted by Gasteiger charge is -2.27. The van der Waals surface area contributed by atoms with Crippen LogP contribution in [0.15, 0.2) is 0 Å². The van der Waals surface area contributed by atoms with Crippen molar-refractivity contribution in [2.24, 2.45) is 11.8 Å². The molecule has 0 aromatic heterocycles. The van der Waals surface area contributed by atoms with Crippen molar-refractivity contribution in [1.82, 2.24) is 4.90 Å². The van der Waals surface area contributed by atoms with Crippen molar-refractivity contribution in [1.29, 1.82) is 0 Å². The van der Waals surface area contributed by atoms with Crippen molar-refractivity contribution in [3.63, 3.8) is 0 Å². The topological polar surface area (TPSA) is 23.5 Å². The van der Waals surface area contributed by atoms with Crippen molar-refractivity contribution in [2.75, 3.05) is 20.2 Å². The molecule has 0 bridgehead atoms. The molecule has 1 N–H and O–H groups in total. The summed E-state index contributed by atoms with van der Waals surface area (Å²) in [7, 11) is 2.20. The smallest absolute Gasteiger partial charge is 0.0476 e. The lowest BCUT2D eigenvalue weighted by Crippen LogP contribution is -2.35. The summed E-state index contributed by atoms with van der Waals surface area (Å²) in [4.78, 5) is 2.43. The first kappa shape index (κ1) is 8.52. The Kier molecular flexibility index (Phi) is 2.37. The molecule has 2 aliphatic rings. The number of hydrogen-bond donors (Lipinski definition) is 1. The van der Waals surface area contributed by atoms with Crippen molar-refractivity contribution in [3.05, 3.63) is 0 Å². The number of likely N-dealkylation sites (tertiary alicyclic amines) is 1. The normalized spacial score (nSPS) is 34.0. The van der Waals surface area contributed by atoms with Crippen molar-refractivity contribution in [2.45, 2.75) is 31.7 Å². The SMILES string of the molecule is CN1CCCC1C(CO)C1CC1. The monoisotopic (exact) mass is 169 g/mol. The van der Waals surface area contributed by atoms with Crippen molar-refractivity contribution in [3.8, 4) is 0 Å². The van der Waals surface area contributed by atoms with Crippen LogP contribution >= 0.6 is 0 Å². The Hall–Kier alpha value is -0.0800. The van der Waals surface area contributed by atoms with Crippen molar-refractivity contribution < 1.29 is 5.11 Å². The zero-order chi connectivity index (χ0) is 8.55. The van der Waals surface area contributed by atoms with E-state index >= 15 is 0 Å². The zero-order valence-corrected chi connectivity index (χ0v) is 7.87. The van der Waals surface area contributed by atoms with Crippen LogP contribution in [0.3, 0.4) is 0 Å². The Labute approximate surface area is 74.6 Å². The quantitative estimate of drug-likeness (QED) is 0.684. The number of nitrogens with zero attached hydrogens (tertiary/aromatic N) is 1. The minimum Gasteiger partial charge on any atom is -0.396 e. The number of aliphatic hydroxyl groups is 1. The molecule has 2 unspecified atom stereocenters. The van der Waals surface area contributed by atoms with Crippen LogP contribution in [0.4, 0.5) is 0 Å². The molecule has 2 heteroatoms. The maximum absolute atomic E-state index is 9.29. The molecule has 0 aromatic rings. The van der Waals surface area contributed by atoms with Crippen LogP contribution in [0.25, 0.3) is 0 Å². The summed E-state index contributed by atoms with van der Waals surface area (Å²) in [5.41, 5.74) is 0. The fraction of sp³-hybridized carbons (Fsp3) is 1.00. The van der Waals surface area contributed by atoms with E-state index in [1.54, 1.807) is 0 Å². The Morgan fingerprint density at radius 1 is 1.42 bits per heavy atom. The van der Waals surface area contributed by atoms with E-state index in [-0.39, 0.29) is 0 Å². The summed E-state index contributed by atoms with van der Waals surface area (Å²) in [6, 6.07) is 0.683. The maximum Gasteiger partial charge on any atom is 0.0476 e. The Balaban J connectivity index is 1.94. The third-order valence-corrected chi connectivity index (χ3v) is 3.51. The average Bonchev–Trinajstić information content (AvgIpc) is 2.80. The lowest BCUT2D eigenvalue weighted by atomic mass is 9.93. The maximum atomic E-state index is 9.29. The summed E-state index contributed by atoms with van der Waals surface area (Å²) < 4.78 is 0. The molecule has 0 spiro atoms. The number of hydrogen-bond acceptors (Lipinski definition) is 2. The molecular weight excluding hydrogens is 150 g/mol. The highest BCUT2D eigenvalue weighted by atomic mass is 16.3. The van der Waals surface area contributed by atoms with Gasteiger partial charge in [-0.3, -0.25) is 0 Å². The van der Waals surface area contributed by atoms with Gasteiger partial charge >= 0.3 is 0 Å². The van der Waals surface area contributed by atoms with E-state index in [0.717, 1.165) is 5.92 Å². The molecule has 1 aliphatic carbocycles. The van der Waals surface area contributed by atoms with Crippen LogP contribution in [0.5, 0.6) is 0 Å². The van der Waals surface area contributed by atoms with Gasteiger partial charge in [-0.25, -0.2) is 0 Å². The average molecular weight is 169 g/mol. The van der Waals surface area contributed by atoms with E-state index in [9.17, 15) is 5.11 Å². The van der Waals surface area contributed by atoms with E-state index in [4.69, 9.17) is 0 Å². The molecule has 2 rings (SSSR count). The summed E-state index contributed by atoms with van der Waals surface area (Å²) in [5.74, 6) is 1.43. The van der Waals surface area contributed by atoms with Gasteiger partial charge in [0.2, 0.25) is 0 Å². The fourth-order valence-corrected chi connectivity index (χ4v) is 2.59. The van der Waals surface area contributed by atoms with Gasteiger partial charge in [-0.2, -0.15) is 0 Å². The first-order chi connectivity index (χ1) is 5.83. The van der Waals surface area contributed by atoms with Crippen LogP contribution in [-0.4, -0.2) is 36.2 Å². The molecule has 1 aliphatic heterocycles. The Bertz CT molecular complexity index is 156. The van der Waals surface area contributed by atoms with Crippen LogP contribution in [-0.2, 0) is 0 Å². The summed E-state index contributed by atoms with van der Waals surface area (Å²) in [6.45, 7) is 1.63. The van der Waals surface area contributed by atoms with Gasteiger partial charge in [0.25, 0.3) is 0 Å². The van der Waals surface area contributed by atoms with Crippen LogP contribution < -0.4 is 0 Å². The van der Waals surface area contributed by atoms with Crippen LogP contribution in [0.1, 0.15) is 25.7 Å². The molecule has 0 aromatic carbocycles. The van der Waals surface area contributed by atoms with E-state index in [1.165, 1.54) is 32.2 Å². The number of aliphatic hydroxyl groups excluding tert-OH is 1.